The molecule has 1 atom stereocenters. The summed E-state index contributed by atoms with van der Waals surface area (Å²) in [6.07, 6.45) is 0.147. The zero-order chi connectivity index (χ0) is 16.8. The molecule has 5 heteroatoms. The number of non-ortho nitro benzene ring substituents is 1. The van der Waals surface area contributed by atoms with Crippen molar-refractivity contribution in [1.82, 2.24) is 5.32 Å². The van der Waals surface area contributed by atoms with Crippen molar-refractivity contribution in [2.24, 2.45) is 0 Å². The maximum Gasteiger partial charge on any atom is 0.269 e. The first kappa shape index (κ1) is 17.0. The van der Waals surface area contributed by atoms with Crippen LogP contribution >= 0.6 is 0 Å². The Bertz CT molecular complexity index is 654. The molecule has 0 saturated heterocycles. The molecule has 0 aliphatic heterocycles. The summed E-state index contributed by atoms with van der Waals surface area (Å²) in [4.78, 5) is 10.3. The minimum absolute atomic E-state index is 0.111. The Morgan fingerprint density at radius 3 is 2.43 bits per heavy atom. The van der Waals surface area contributed by atoms with Crippen LogP contribution in [0.2, 0.25) is 0 Å². The summed E-state index contributed by atoms with van der Waals surface area (Å²) < 4.78 is 5.71. The molecule has 0 aliphatic rings. The number of benzene rings is 2. The normalized spacial score (nSPS) is 12.2. The molecule has 0 amide bonds. The third kappa shape index (κ3) is 5.07. The number of nitro benzene ring substituents is 1. The standard InChI is InChI=1S/C18H22N2O3/c1-13(2)23-18-6-4-5-16(11-18)14(3)19-12-15-7-9-17(10-8-15)20(21)22/h4-11,13-14,19H,12H2,1-3H3. The van der Waals surface area contributed by atoms with Crippen molar-refractivity contribution in [2.45, 2.75) is 39.5 Å². The molecular weight excluding hydrogens is 292 g/mol. The molecule has 1 N–H and O–H groups in total. The van der Waals surface area contributed by atoms with Crippen molar-refractivity contribution in [3.8, 4) is 5.75 Å². The van der Waals surface area contributed by atoms with E-state index in [1.165, 1.54) is 12.1 Å². The molecule has 122 valence electrons. The molecule has 0 heterocycles. The summed E-state index contributed by atoms with van der Waals surface area (Å²) in [5.74, 6) is 0.862. The number of ether oxygens (including phenoxy) is 1. The van der Waals surface area contributed by atoms with Gasteiger partial charge < -0.3 is 10.1 Å². The summed E-state index contributed by atoms with van der Waals surface area (Å²) in [6, 6.07) is 14.8. The van der Waals surface area contributed by atoms with E-state index in [1.807, 2.05) is 32.0 Å². The van der Waals surface area contributed by atoms with Crippen LogP contribution in [0.5, 0.6) is 5.75 Å². The lowest BCUT2D eigenvalue weighted by molar-refractivity contribution is -0.384. The van der Waals surface area contributed by atoms with Gasteiger partial charge in [0, 0.05) is 24.7 Å². The van der Waals surface area contributed by atoms with Gasteiger partial charge in [-0.05, 0) is 44.0 Å². The van der Waals surface area contributed by atoms with Crippen LogP contribution < -0.4 is 10.1 Å². The van der Waals surface area contributed by atoms with Crippen molar-refractivity contribution in [3.63, 3.8) is 0 Å². The molecule has 2 rings (SSSR count). The number of rotatable bonds is 7. The Labute approximate surface area is 136 Å². The molecule has 0 fully saturated rings. The first-order valence-corrected chi connectivity index (χ1v) is 7.69. The van der Waals surface area contributed by atoms with Crippen LogP contribution in [0, 0.1) is 10.1 Å². The van der Waals surface area contributed by atoms with Gasteiger partial charge >= 0.3 is 0 Å². The predicted molar refractivity (Wildman–Crippen MR) is 90.6 cm³/mol. The molecule has 0 aromatic heterocycles. The molecule has 5 nitrogen and oxygen atoms in total. The van der Waals surface area contributed by atoms with Crippen molar-refractivity contribution in [1.29, 1.82) is 0 Å². The average molecular weight is 314 g/mol. The molecule has 1 unspecified atom stereocenters. The van der Waals surface area contributed by atoms with Crippen molar-refractivity contribution < 1.29 is 9.66 Å². The van der Waals surface area contributed by atoms with Crippen LogP contribution in [0.4, 0.5) is 5.69 Å². The number of nitrogens with zero attached hydrogens (tertiary/aromatic N) is 1. The van der Waals surface area contributed by atoms with Gasteiger partial charge in [0.1, 0.15) is 5.75 Å². The fourth-order valence-corrected chi connectivity index (χ4v) is 2.25. The highest BCUT2D eigenvalue weighted by Gasteiger charge is 2.08. The molecule has 0 saturated carbocycles. The van der Waals surface area contributed by atoms with Crippen LogP contribution in [0.3, 0.4) is 0 Å². The van der Waals surface area contributed by atoms with Gasteiger partial charge in [0.2, 0.25) is 0 Å². The zero-order valence-electron chi connectivity index (χ0n) is 13.7. The van der Waals surface area contributed by atoms with Crippen LogP contribution in [0.25, 0.3) is 0 Å². The van der Waals surface area contributed by atoms with Crippen LogP contribution in [-0.2, 0) is 6.54 Å². The minimum Gasteiger partial charge on any atom is -0.491 e. The van der Waals surface area contributed by atoms with Crippen LogP contribution in [0.15, 0.2) is 48.5 Å². The van der Waals surface area contributed by atoms with E-state index in [1.54, 1.807) is 12.1 Å². The van der Waals surface area contributed by atoms with Crippen molar-refractivity contribution in [2.75, 3.05) is 0 Å². The Hall–Kier alpha value is -2.40. The quantitative estimate of drug-likeness (QED) is 0.613. The molecule has 0 spiro atoms. The van der Waals surface area contributed by atoms with Crippen LogP contribution in [-0.4, -0.2) is 11.0 Å². The number of nitrogens with one attached hydrogen (secondary N) is 1. The molecule has 2 aromatic carbocycles. The van der Waals surface area contributed by atoms with Gasteiger partial charge in [0.05, 0.1) is 11.0 Å². The van der Waals surface area contributed by atoms with Crippen molar-refractivity contribution in [3.05, 3.63) is 69.8 Å². The smallest absolute Gasteiger partial charge is 0.269 e. The zero-order valence-corrected chi connectivity index (χ0v) is 13.7. The summed E-state index contributed by atoms with van der Waals surface area (Å²) in [7, 11) is 0. The highest BCUT2D eigenvalue weighted by atomic mass is 16.6. The molecule has 0 aliphatic carbocycles. The molecule has 0 bridgehead atoms. The van der Waals surface area contributed by atoms with Gasteiger partial charge in [-0.25, -0.2) is 0 Å². The lowest BCUT2D eigenvalue weighted by Crippen LogP contribution is -2.18. The van der Waals surface area contributed by atoms with E-state index in [9.17, 15) is 10.1 Å². The Kier molecular flexibility index (Phi) is 5.71. The second-order valence-corrected chi connectivity index (χ2v) is 5.77. The van der Waals surface area contributed by atoms with Crippen LogP contribution in [0.1, 0.15) is 37.9 Å². The van der Waals surface area contributed by atoms with Gasteiger partial charge in [-0.15, -0.1) is 0 Å². The Balaban J connectivity index is 1.96. The molecule has 23 heavy (non-hydrogen) atoms. The predicted octanol–water partition coefficient (Wildman–Crippen LogP) is 4.23. The summed E-state index contributed by atoms with van der Waals surface area (Å²) >= 11 is 0. The molecular formula is C18H22N2O3. The molecule has 0 radical (unpaired) electrons. The fraction of sp³-hybridized carbons (Fsp3) is 0.333. The maximum atomic E-state index is 10.6. The maximum absolute atomic E-state index is 10.6. The largest absolute Gasteiger partial charge is 0.491 e. The third-order valence-electron chi connectivity index (χ3n) is 3.49. The Morgan fingerprint density at radius 2 is 1.83 bits per heavy atom. The second kappa shape index (κ2) is 7.74. The van der Waals surface area contributed by atoms with Gasteiger partial charge in [-0.1, -0.05) is 24.3 Å². The lowest BCUT2D eigenvalue weighted by atomic mass is 10.1. The number of hydrogen-bond acceptors (Lipinski definition) is 4. The second-order valence-electron chi connectivity index (χ2n) is 5.77. The highest BCUT2D eigenvalue weighted by Crippen LogP contribution is 2.20. The monoisotopic (exact) mass is 314 g/mol. The summed E-state index contributed by atoms with van der Waals surface area (Å²) in [5.41, 5.74) is 2.27. The summed E-state index contributed by atoms with van der Waals surface area (Å²) in [6.45, 7) is 6.74. The SMILES string of the molecule is CC(C)Oc1cccc(C(C)NCc2ccc([N+](=O)[O-])cc2)c1. The Morgan fingerprint density at radius 1 is 1.13 bits per heavy atom. The van der Waals surface area contributed by atoms with E-state index >= 15 is 0 Å². The first-order chi connectivity index (χ1) is 11.0. The minimum atomic E-state index is -0.389. The van der Waals surface area contributed by atoms with E-state index in [4.69, 9.17) is 4.74 Å². The average Bonchev–Trinajstić information content (AvgIpc) is 2.52. The topological polar surface area (TPSA) is 64.4 Å². The number of nitro groups is 1. The van der Waals surface area contributed by atoms with Gasteiger partial charge in [-0.2, -0.15) is 0 Å². The van der Waals surface area contributed by atoms with Gasteiger partial charge in [0.15, 0.2) is 0 Å². The first-order valence-electron chi connectivity index (χ1n) is 7.69. The highest BCUT2D eigenvalue weighted by molar-refractivity contribution is 5.33. The van der Waals surface area contributed by atoms with E-state index in [-0.39, 0.29) is 22.8 Å². The van der Waals surface area contributed by atoms with Crippen molar-refractivity contribution >= 4 is 5.69 Å². The van der Waals surface area contributed by atoms with Gasteiger partial charge in [-0.3, -0.25) is 10.1 Å². The summed E-state index contributed by atoms with van der Waals surface area (Å²) in [5, 5.41) is 14.1. The fourth-order valence-electron chi connectivity index (χ4n) is 2.25. The lowest BCUT2D eigenvalue weighted by Gasteiger charge is -2.16. The van der Waals surface area contributed by atoms with E-state index in [0.29, 0.717) is 6.54 Å². The third-order valence-corrected chi connectivity index (χ3v) is 3.49. The van der Waals surface area contributed by atoms with Gasteiger partial charge in [0.25, 0.3) is 5.69 Å². The van der Waals surface area contributed by atoms with E-state index < -0.39 is 0 Å². The number of hydrogen-bond donors (Lipinski definition) is 1. The van der Waals surface area contributed by atoms with E-state index in [2.05, 4.69) is 18.3 Å². The molecule has 2 aromatic rings. The van der Waals surface area contributed by atoms with E-state index in [0.717, 1.165) is 16.9 Å².